The molecule has 0 atom stereocenters. The number of rotatable bonds is 6. The van der Waals surface area contributed by atoms with Crippen molar-refractivity contribution in [2.75, 3.05) is 39.1 Å². The third-order valence-electron chi connectivity index (χ3n) is 3.06. The predicted octanol–water partition coefficient (Wildman–Crippen LogP) is 2.59. The van der Waals surface area contributed by atoms with E-state index in [9.17, 15) is 13.2 Å². The van der Waals surface area contributed by atoms with Crippen LogP contribution < -0.4 is 4.90 Å². The summed E-state index contributed by atoms with van der Waals surface area (Å²) in [5, 5.41) is 8.97. The average molecular weight is 290 g/mol. The highest BCUT2D eigenvalue weighted by Gasteiger charge is 2.34. The molecule has 20 heavy (non-hydrogen) atoms. The SMILES string of the molecule is CN(C)CCCN(C)c1ccc(CO)cc1C(F)(F)F. The number of halogens is 3. The molecular weight excluding hydrogens is 269 g/mol. The van der Waals surface area contributed by atoms with E-state index in [2.05, 4.69) is 0 Å². The summed E-state index contributed by atoms with van der Waals surface area (Å²) in [7, 11) is 5.51. The number of alkyl halides is 3. The van der Waals surface area contributed by atoms with Crippen molar-refractivity contribution in [1.29, 1.82) is 0 Å². The van der Waals surface area contributed by atoms with Crippen LogP contribution in [0.4, 0.5) is 18.9 Å². The van der Waals surface area contributed by atoms with Crippen LogP contribution in [0.5, 0.6) is 0 Å². The monoisotopic (exact) mass is 290 g/mol. The Labute approximate surface area is 117 Å². The number of hydrogen-bond donors (Lipinski definition) is 1. The molecule has 1 N–H and O–H groups in total. The highest BCUT2D eigenvalue weighted by Crippen LogP contribution is 2.37. The van der Waals surface area contributed by atoms with Gasteiger partial charge in [0.25, 0.3) is 0 Å². The summed E-state index contributed by atoms with van der Waals surface area (Å²) in [5.41, 5.74) is -0.285. The molecule has 0 spiro atoms. The smallest absolute Gasteiger partial charge is 0.392 e. The number of hydrogen-bond acceptors (Lipinski definition) is 3. The van der Waals surface area contributed by atoms with Gasteiger partial charge in [-0.3, -0.25) is 0 Å². The molecule has 6 heteroatoms. The van der Waals surface area contributed by atoms with Gasteiger partial charge in [0.15, 0.2) is 0 Å². The Morgan fingerprint density at radius 2 is 1.75 bits per heavy atom. The lowest BCUT2D eigenvalue weighted by atomic mass is 10.1. The summed E-state index contributed by atoms with van der Waals surface area (Å²) >= 11 is 0. The van der Waals surface area contributed by atoms with Crippen LogP contribution in [-0.2, 0) is 12.8 Å². The van der Waals surface area contributed by atoms with E-state index in [4.69, 9.17) is 5.11 Å². The van der Waals surface area contributed by atoms with Crippen LogP contribution in [0.25, 0.3) is 0 Å². The molecule has 0 aliphatic carbocycles. The minimum Gasteiger partial charge on any atom is -0.392 e. The number of aliphatic hydroxyl groups excluding tert-OH is 1. The molecule has 0 bridgehead atoms. The Balaban J connectivity index is 2.92. The van der Waals surface area contributed by atoms with Crippen LogP contribution in [0.2, 0.25) is 0 Å². The van der Waals surface area contributed by atoms with Gasteiger partial charge in [-0.25, -0.2) is 0 Å². The zero-order chi connectivity index (χ0) is 15.3. The second kappa shape index (κ2) is 6.95. The van der Waals surface area contributed by atoms with Crippen LogP contribution in [0, 0.1) is 0 Å². The largest absolute Gasteiger partial charge is 0.418 e. The van der Waals surface area contributed by atoms with Crippen molar-refractivity contribution in [1.82, 2.24) is 4.90 Å². The molecular formula is C14H21F3N2O. The van der Waals surface area contributed by atoms with Gasteiger partial charge in [-0.1, -0.05) is 6.07 Å². The van der Waals surface area contributed by atoms with Crippen LogP contribution in [0.3, 0.4) is 0 Å². The second-order valence-electron chi connectivity index (χ2n) is 5.09. The van der Waals surface area contributed by atoms with Crippen molar-refractivity contribution >= 4 is 5.69 Å². The van der Waals surface area contributed by atoms with Gasteiger partial charge in [-0.15, -0.1) is 0 Å². The molecule has 1 aromatic rings. The molecule has 0 radical (unpaired) electrons. The van der Waals surface area contributed by atoms with Crippen molar-refractivity contribution in [3.05, 3.63) is 29.3 Å². The lowest BCUT2D eigenvalue weighted by molar-refractivity contribution is -0.137. The topological polar surface area (TPSA) is 26.7 Å². The highest BCUT2D eigenvalue weighted by molar-refractivity contribution is 5.55. The van der Waals surface area contributed by atoms with Gasteiger partial charge in [0.2, 0.25) is 0 Å². The summed E-state index contributed by atoms with van der Waals surface area (Å²) < 4.78 is 39.2. The zero-order valence-electron chi connectivity index (χ0n) is 12.0. The van der Waals surface area contributed by atoms with Gasteiger partial charge >= 0.3 is 6.18 Å². The molecule has 0 aromatic heterocycles. The lowest BCUT2D eigenvalue weighted by Crippen LogP contribution is -2.25. The van der Waals surface area contributed by atoms with E-state index >= 15 is 0 Å². The van der Waals surface area contributed by atoms with Gasteiger partial charge in [0, 0.05) is 19.3 Å². The van der Waals surface area contributed by atoms with E-state index in [-0.39, 0.29) is 11.3 Å². The number of aliphatic hydroxyl groups is 1. The van der Waals surface area contributed by atoms with Gasteiger partial charge in [0.1, 0.15) is 0 Å². The fourth-order valence-corrected chi connectivity index (χ4v) is 1.99. The van der Waals surface area contributed by atoms with Gasteiger partial charge in [0.05, 0.1) is 12.2 Å². The number of benzene rings is 1. The van der Waals surface area contributed by atoms with E-state index in [1.807, 2.05) is 19.0 Å². The summed E-state index contributed by atoms with van der Waals surface area (Å²) in [6.07, 6.45) is -3.64. The first-order valence-corrected chi connectivity index (χ1v) is 6.42. The molecule has 0 fully saturated rings. The molecule has 0 saturated heterocycles. The third-order valence-corrected chi connectivity index (χ3v) is 3.06. The average Bonchev–Trinajstić information content (AvgIpc) is 2.36. The number of nitrogens with zero attached hydrogens (tertiary/aromatic N) is 2. The first-order chi connectivity index (χ1) is 9.25. The van der Waals surface area contributed by atoms with Crippen molar-refractivity contribution in [3.8, 4) is 0 Å². The minimum atomic E-state index is -4.42. The van der Waals surface area contributed by atoms with Gasteiger partial charge < -0.3 is 14.9 Å². The Kier molecular flexibility index (Phi) is 5.83. The fraction of sp³-hybridized carbons (Fsp3) is 0.571. The molecule has 0 unspecified atom stereocenters. The van der Waals surface area contributed by atoms with Crippen molar-refractivity contribution in [3.63, 3.8) is 0 Å². The van der Waals surface area contributed by atoms with Crippen molar-refractivity contribution in [2.24, 2.45) is 0 Å². The highest BCUT2D eigenvalue weighted by atomic mass is 19.4. The maximum Gasteiger partial charge on any atom is 0.418 e. The van der Waals surface area contributed by atoms with E-state index < -0.39 is 18.3 Å². The molecule has 0 aliphatic rings. The molecule has 0 aliphatic heterocycles. The Morgan fingerprint density at radius 3 is 2.25 bits per heavy atom. The molecule has 0 amide bonds. The molecule has 3 nitrogen and oxygen atoms in total. The van der Waals surface area contributed by atoms with Crippen LogP contribution >= 0.6 is 0 Å². The third kappa shape index (κ3) is 4.68. The van der Waals surface area contributed by atoms with Crippen molar-refractivity contribution in [2.45, 2.75) is 19.2 Å². The van der Waals surface area contributed by atoms with E-state index in [0.717, 1.165) is 19.0 Å². The van der Waals surface area contributed by atoms with Gasteiger partial charge in [-0.2, -0.15) is 13.2 Å². The van der Waals surface area contributed by atoms with Crippen LogP contribution in [0.15, 0.2) is 18.2 Å². The molecule has 0 saturated carbocycles. The maximum absolute atomic E-state index is 13.1. The fourth-order valence-electron chi connectivity index (χ4n) is 1.99. The van der Waals surface area contributed by atoms with Gasteiger partial charge in [-0.05, 0) is 44.8 Å². The zero-order valence-corrected chi connectivity index (χ0v) is 12.0. The summed E-state index contributed by atoms with van der Waals surface area (Å²) in [6, 6.07) is 3.95. The molecule has 114 valence electrons. The first kappa shape index (κ1) is 16.8. The molecule has 1 aromatic carbocycles. The predicted molar refractivity (Wildman–Crippen MR) is 73.8 cm³/mol. The maximum atomic E-state index is 13.1. The minimum absolute atomic E-state index is 0.147. The second-order valence-corrected chi connectivity index (χ2v) is 5.09. The Hall–Kier alpha value is -1.27. The summed E-state index contributed by atoms with van der Waals surface area (Å²) in [5.74, 6) is 0. The normalized spacial score (nSPS) is 12.0. The summed E-state index contributed by atoms with van der Waals surface area (Å²) in [6.45, 7) is 0.966. The Morgan fingerprint density at radius 1 is 1.10 bits per heavy atom. The van der Waals surface area contributed by atoms with E-state index in [1.54, 1.807) is 11.9 Å². The molecule has 0 heterocycles. The number of anilines is 1. The Bertz CT molecular complexity index is 433. The van der Waals surface area contributed by atoms with E-state index in [1.165, 1.54) is 12.1 Å². The first-order valence-electron chi connectivity index (χ1n) is 6.42. The van der Waals surface area contributed by atoms with Crippen molar-refractivity contribution < 1.29 is 18.3 Å². The van der Waals surface area contributed by atoms with Crippen LogP contribution in [-0.4, -0.2) is 44.2 Å². The lowest BCUT2D eigenvalue weighted by Gasteiger charge is -2.24. The molecule has 1 rings (SSSR count). The van der Waals surface area contributed by atoms with E-state index in [0.29, 0.717) is 6.54 Å². The summed E-state index contributed by atoms with van der Waals surface area (Å²) in [4.78, 5) is 3.60. The quantitative estimate of drug-likeness (QED) is 0.872. The van der Waals surface area contributed by atoms with Crippen LogP contribution in [0.1, 0.15) is 17.5 Å². The standard InChI is InChI=1S/C14H21F3N2O/c1-18(2)7-4-8-19(3)13-6-5-11(10-20)9-12(13)14(15,16)17/h5-6,9,20H,4,7-8,10H2,1-3H3.